The number of halogens is 2. The molecule has 2 saturated heterocycles. The standard InChI is InChI=1S/C29H42Br2N4O2/c30-26-4-8-28(9-5-26)36-24-22-34-18-14-32(15-19-34)12-2-1-3-13-33-16-20-35(21-17-33)23-25-37-29-10-6-27(31)7-11-29/h4-11H,1-3,12-25H2. The van der Waals surface area contributed by atoms with E-state index in [0.29, 0.717) is 0 Å². The van der Waals surface area contributed by atoms with E-state index in [4.69, 9.17) is 9.47 Å². The summed E-state index contributed by atoms with van der Waals surface area (Å²) in [5.74, 6) is 1.90. The summed E-state index contributed by atoms with van der Waals surface area (Å²) in [7, 11) is 0. The van der Waals surface area contributed by atoms with Gasteiger partial charge in [0.05, 0.1) is 0 Å². The van der Waals surface area contributed by atoms with E-state index < -0.39 is 0 Å². The highest BCUT2D eigenvalue weighted by Crippen LogP contribution is 2.17. The van der Waals surface area contributed by atoms with Crippen molar-refractivity contribution in [3.05, 3.63) is 57.5 Å². The van der Waals surface area contributed by atoms with Gasteiger partial charge < -0.3 is 19.3 Å². The van der Waals surface area contributed by atoms with Gasteiger partial charge in [-0.25, -0.2) is 0 Å². The lowest BCUT2D eigenvalue weighted by Gasteiger charge is -2.35. The van der Waals surface area contributed by atoms with Crippen molar-refractivity contribution in [2.75, 3.05) is 91.8 Å². The van der Waals surface area contributed by atoms with Gasteiger partial charge in [0.2, 0.25) is 0 Å². The maximum atomic E-state index is 5.89. The van der Waals surface area contributed by atoms with Crippen molar-refractivity contribution < 1.29 is 9.47 Å². The summed E-state index contributed by atoms with van der Waals surface area (Å²) in [6, 6.07) is 16.2. The van der Waals surface area contributed by atoms with Crippen LogP contribution < -0.4 is 9.47 Å². The Hall–Kier alpha value is -1.16. The third-order valence-electron chi connectivity index (χ3n) is 7.36. The Kier molecular flexibility index (Phi) is 12.5. The van der Waals surface area contributed by atoms with Crippen LogP contribution in [0.2, 0.25) is 0 Å². The van der Waals surface area contributed by atoms with Crippen LogP contribution >= 0.6 is 31.9 Å². The fraction of sp³-hybridized carbons (Fsp3) is 0.586. The summed E-state index contributed by atoms with van der Waals surface area (Å²) < 4.78 is 13.9. The summed E-state index contributed by atoms with van der Waals surface area (Å²) >= 11 is 6.93. The fourth-order valence-electron chi connectivity index (χ4n) is 4.97. The van der Waals surface area contributed by atoms with Crippen molar-refractivity contribution in [1.29, 1.82) is 0 Å². The van der Waals surface area contributed by atoms with E-state index in [1.165, 1.54) is 58.5 Å². The van der Waals surface area contributed by atoms with Gasteiger partial charge in [-0.05, 0) is 74.5 Å². The summed E-state index contributed by atoms with van der Waals surface area (Å²) in [6.07, 6.45) is 3.97. The molecule has 0 atom stereocenters. The van der Waals surface area contributed by atoms with E-state index in [0.717, 1.165) is 72.9 Å². The van der Waals surface area contributed by atoms with E-state index >= 15 is 0 Å². The maximum Gasteiger partial charge on any atom is 0.119 e. The molecule has 37 heavy (non-hydrogen) atoms. The SMILES string of the molecule is Brc1ccc(OCCN2CCN(CCCCCN3CCN(CCOc4ccc(Br)cc4)CC3)CC2)cc1. The van der Waals surface area contributed by atoms with Crippen LogP contribution in [-0.2, 0) is 0 Å². The maximum absolute atomic E-state index is 5.89. The molecule has 0 amide bonds. The molecule has 0 bridgehead atoms. The minimum atomic E-state index is 0.760. The summed E-state index contributed by atoms with van der Waals surface area (Å²) in [6.45, 7) is 15.4. The average Bonchev–Trinajstić information content (AvgIpc) is 2.92. The smallest absolute Gasteiger partial charge is 0.119 e. The summed E-state index contributed by atoms with van der Waals surface area (Å²) in [5, 5.41) is 0. The number of rotatable bonds is 14. The molecule has 0 N–H and O–H groups in total. The first-order valence-electron chi connectivity index (χ1n) is 13.8. The first-order valence-corrected chi connectivity index (χ1v) is 15.4. The molecule has 6 nitrogen and oxygen atoms in total. The van der Waals surface area contributed by atoms with Crippen molar-refractivity contribution in [3.63, 3.8) is 0 Å². The van der Waals surface area contributed by atoms with Crippen LogP contribution in [0.3, 0.4) is 0 Å². The Balaban J connectivity index is 0.959. The molecule has 0 aliphatic carbocycles. The van der Waals surface area contributed by atoms with E-state index in [9.17, 15) is 0 Å². The molecule has 204 valence electrons. The Morgan fingerprint density at radius 3 is 1.14 bits per heavy atom. The van der Waals surface area contributed by atoms with E-state index in [1.54, 1.807) is 0 Å². The molecule has 0 unspecified atom stereocenters. The Morgan fingerprint density at radius 1 is 0.459 bits per heavy atom. The highest BCUT2D eigenvalue weighted by Gasteiger charge is 2.18. The predicted molar refractivity (Wildman–Crippen MR) is 159 cm³/mol. The van der Waals surface area contributed by atoms with Crippen molar-refractivity contribution in [2.45, 2.75) is 19.3 Å². The molecule has 8 heteroatoms. The number of ether oxygens (including phenoxy) is 2. The predicted octanol–water partition coefficient (Wildman–Crippen LogP) is 5.07. The zero-order chi connectivity index (χ0) is 25.7. The van der Waals surface area contributed by atoms with Gasteiger partial charge in [-0.15, -0.1) is 0 Å². The van der Waals surface area contributed by atoms with Gasteiger partial charge in [-0.1, -0.05) is 38.3 Å². The van der Waals surface area contributed by atoms with Gasteiger partial charge >= 0.3 is 0 Å². The average molecular weight is 638 g/mol. The third-order valence-corrected chi connectivity index (χ3v) is 8.42. The molecule has 0 aromatic heterocycles. The molecule has 2 heterocycles. The quantitative estimate of drug-likeness (QED) is 0.269. The lowest BCUT2D eigenvalue weighted by atomic mass is 10.2. The number of hydrogen-bond acceptors (Lipinski definition) is 6. The van der Waals surface area contributed by atoms with Gasteiger partial charge in [-0.3, -0.25) is 9.80 Å². The van der Waals surface area contributed by atoms with Crippen molar-refractivity contribution >= 4 is 31.9 Å². The number of unbranched alkanes of at least 4 members (excludes halogenated alkanes) is 2. The van der Waals surface area contributed by atoms with E-state index in [1.807, 2.05) is 48.5 Å². The Bertz CT molecular complexity index is 810. The molecular formula is C29H42Br2N4O2. The highest BCUT2D eigenvalue weighted by atomic mass is 79.9. The van der Waals surface area contributed by atoms with Crippen LogP contribution in [0.15, 0.2) is 57.5 Å². The minimum absolute atomic E-state index is 0.760. The van der Waals surface area contributed by atoms with Gasteiger partial charge in [-0.2, -0.15) is 0 Å². The van der Waals surface area contributed by atoms with E-state index in [-0.39, 0.29) is 0 Å². The molecule has 2 aliphatic rings. The first kappa shape index (κ1) is 28.8. The zero-order valence-electron chi connectivity index (χ0n) is 22.0. The third kappa shape index (κ3) is 10.9. The molecule has 4 rings (SSSR count). The summed E-state index contributed by atoms with van der Waals surface area (Å²) in [4.78, 5) is 10.3. The largest absolute Gasteiger partial charge is 0.492 e. The van der Waals surface area contributed by atoms with E-state index in [2.05, 4.69) is 51.5 Å². The number of piperazine rings is 2. The van der Waals surface area contributed by atoms with Crippen LogP contribution in [0, 0.1) is 0 Å². The zero-order valence-corrected chi connectivity index (χ0v) is 25.2. The van der Waals surface area contributed by atoms with Gasteiger partial charge in [0.1, 0.15) is 24.7 Å². The van der Waals surface area contributed by atoms with Gasteiger partial charge in [0, 0.05) is 74.4 Å². The van der Waals surface area contributed by atoms with Crippen LogP contribution in [0.4, 0.5) is 0 Å². The van der Waals surface area contributed by atoms with Crippen LogP contribution in [0.1, 0.15) is 19.3 Å². The van der Waals surface area contributed by atoms with Crippen LogP contribution in [0.5, 0.6) is 11.5 Å². The highest BCUT2D eigenvalue weighted by molar-refractivity contribution is 9.10. The second-order valence-electron chi connectivity index (χ2n) is 10.0. The molecule has 0 spiro atoms. The number of benzene rings is 2. The Labute approximate surface area is 240 Å². The number of nitrogens with zero attached hydrogens (tertiary/aromatic N) is 4. The second-order valence-corrected chi connectivity index (χ2v) is 11.9. The molecule has 2 aromatic carbocycles. The number of hydrogen-bond donors (Lipinski definition) is 0. The van der Waals surface area contributed by atoms with Gasteiger partial charge in [0.15, 0.2) is 0 Å². The van der Waals surface area contributed by atoms with Crippen molar-refractivity contribution in [2.24, 2.45) is 0 Å². The molecule has 2 fully saturated rings. The topological polar surface area (TPSA) is 31.4 Å². The van der Waals surface area contributed by atoms with Crippen LogP contribution in [-0.4, -0.2) is 111 Å². The fourth-order valence-corrected chi connectivity index (χ4v) is 5.50. The van der Waals surface area contributed by atoms with Crippen molar-refractivity contribution in [1.82, 2.24) is 19.6 Å². The second kappa shape index (κ2) is 16.1. The van der Waals surface area contributed by atoms with Crippen molar-refractivity contribution in [3.8, 4) is 11.5 Å². The first-order chi connectivity index (χ1) is 18.1. The molecule has 0 radical (unpaired) electrons. The van der Waals surface area contributed by atoms with Gasteiger partial charge in [0.25, 0.3) is 0 Å². The molecule has 0 saturated carbocycles. The monoisotopic (exact) mass is 636 g/mol. The molecule has 2 aromatic rings. The van der Waals surface area contributed by atoms with Crippen LogP contribution in [0.25, 0.3) is 0 Å². The summed E-state index contributed by atoms with van der Waals surface area (Å²) in [5.41, 5.74) is 0. The molecule has 2 aliphatic heterocycles. The Morgan fingerprint density at radius 2 is 0.784 bits per heavy atom. The molecular weight excluding hydrogens is 596 g/mol. The lowest BCUT2D eigenvalue weighted by Crippen LogP contribution is -2.48. The normalized spacial score (nSPS) is 18.2. The lowest BCUT2D eigenvalue weighted by molar-refractivity contribution is 0.110. The minimum Gasteiger partial charge on any atom is -0.492 e.